The highest BCUT2D eigenvalue weighted by Gasteiger charge is 2.11. The van der Waals surface area contributed by atoms with Crippen LogP contribution in [-0.4, -0.2) is 30.3 Å². The third-order valence-electron chi connectivity index (χ3n) is 1.68. The maximum atomic E-state index is 10.0. The molecular weight excluding hydrogens is 146 g/mol. The van der Waals surface area contributed by atoms with Gasteiger partial charge in [-0.25, -0.2) is 10.2 Å². The minimum absolute atomic E-state index is 0.236. The molecule has 0 saturated carbocycles. The number of carboxylic acid groups (broad SMARTS) is 1. The van der Waals surface area contributed by atoms with Gasteiger partial charge in [-0.2, -0.15) is 0 Å². The second-order valence-electron chi connectivity index (χ2n) is 2.62. The lowest BCUT2D eigenvalue weighted by atomic mass is 10.1. The highest BCUT2D eigenvalue weighted by molar-refractivity contribution is 5.63. The van der Waals surface area contributed by atoms with Crippen molar-refractivity contribution in [2.75, 3.05) is 13.1 Å². The maximum Gasteiger partial charge on any atom is 0.419 e. The highest BCUT2D eigenvalue weighted by Crippen LogP contribution is 1.99. The number of rotatable bonds is 2. The van der Waals surface area contributed by atoms with Crippen LogP contribution in [0.4, 0.5) is 4.79 Å². The molecule has 5 nitrogen and oxygen atoms in total. The Hall–Kier alpha value is -0.810. The van der Waals surface area contributed by atoms with E-state index in [-0.39, 0.29) is 6.04 Å². The van der Waals surface area contributed by atoms with Gasteiger partial charge in [-0.3, -0.25) is 5.43 Å². The molecule has 0 bridgehead atoms. The first-order valence-corrected chi connectivity index (χ1v) is 3.74. The topological polar surface area (TPSA) is 73.4 Å². The van der Waals surface area contributed by atoms with Crippen LogP contribution in [0.1, 0.15) is 12.8 Å². The van der Waals surface area contributed by atoms with E-state index in [0.717, 1.165) is 25.9 Å². The molecule has 1 fully saturated rings. The van der Waals surface area contributed by atoms with Gasteiger partial charge in [-0.15, -0.1) is 0 Å². The number of piperidine rings is 1. The van der Waals surface area contributed by atoms with Crippen LogP contribution >= 0.6 is 0 Å². The van der Waals surface area contributed by atoms with Crippen molar-refractivity contribution < 1.29 is 9.90 Å². The number of hydrogen-bond donors (Lipinski definition) is 4. The van der Waals surface area contributed by atoms with E-state index in [0.29, 0.717) is 0 Å². The zero-order valence-electron chi connectivity index (χ0n) is 6.26. The molecular formula is C6H13N3O2. The van der Waals surface area contributed by atoms with Crippen LogP contribution in [0.2, 0.25) is 0 Å². The third-order valence-corrected chi connectivity index (χ3v) is 1.68. The first kappa shape index (κ1) is 8.29. The van der Waals surface area contributed by atoms with Crippen LogP contribution in [0.3, 0.4) is 0 Å². The summed E-state index contributed by atoms with van der Waals surface area (Å²) in [5.74, 6) is 0. The van der Waals surface area contributed by atoms with Gasteiger partial charge < -0.3 is 10.4 Å². The lowest BCUT2D eigenvalue weighted by Gasteiger charge is -2.23. The predicted octanol–water partition coefficient (Wildman–Crippen LogP) is -0.489. The summed E-state index contributed by atoms with van der Waals surface area (Å²) in [5.41, 5.74) is 4.85. The first-order valence-electron chi connectivity index (χ1n) is 3.74. The van der Waals surface area contributed by atoms with Crippen molar-refractivity contribution in [2.45, 2.75) is 18.9 Å². The molecule has 64 valence electrons. The van der Waals surface area contributed by atoms with Gasteiger partial charge in [0.1, 0.15) is 0 Å². The second-order valence-corrected chi connectivity index (χ2v) is 2.62. The Balaban J connectivity index is 2.09. The fourth-order valence-electron chi connectivity index (χ4n) is 1.14. The van der Waals surface area contributed by atoms with Gasteiger partial charge >= 0.3 is 6.09 Å². The summed E-state index contributed by atoms with van der Waals surface area (Å²) < 4.78 is 0. The molecule has 1 heterocycles. The van der Waals surface area contributed by atoms with Crippen LogP contribution < -0.4 is 16.2 Å². The standard InChI is InChI=1S/C6H13N3O2/c10-6(11)9-8-5-2-1-3-7-4-5/h5,7-9H,1-4H2,(H,10,11)/t5-/m1/s1. The van der Waals surface area contributed by atoms with Crippen molar-refractivity contribution in [3.63, 3.8) is 0 Å². The summed E-state index contributed by atoms with van der Waals surface area (Å²) >= 11 is 0. The molecule has 1 atom stereocenters. The monoisotopic (exact) mass is 159 g/mol. The Morgan fingerprint density at radius 1 is 1.64 bits per heavy atom. The van der Waals surface area contributed by atoms with Gasteiger partial charge in [-0.05, 0) is 19.4 Å². The van der Waals surface area contributed by atoms with Gasteiger partial charge in [0.25, 0.3) is 0 Å². The first-order chi connectivity index (χ1) is 5.29. The van der Waals surface area contributed by atoms with E-state index in [1.807, 2.05) is 0 Å². The molecule has 0 aromatic rings. The van der Waals surface area contributed by atoms with Crippen molar-refractivity contribution >= 4 is 6.09 Å². The fraction of sp³-hybridized carbons (Fsp3) is 0.833. The second kappa shape index (κ2) is 4.15. The van der Waals surface area contributed by atoms with Gasteiger partial charge in [-0.1, -0.05) is 0 Å². The molecule has 0 aromatic carbocycles. The maximum absolute atomic E-state index is 10.0. The Bertz CT molecular complexity index is 134. The Labute approximate surface area is 65.1 Å². The number of amides is 1. The number of nitrogens with one attached hydrogen (secondary N) is 3. The Morgan fingerprint density at radius 2 is 2.45 bits per heavy atom. The molecule has 4 N–H and O–H groups in total. The summed E-state index contributed by atoms with van der Waals surface area (Å²) in [7, 11) is 0. The molecule has 1 rings (SSSR count). The van der Waals surface area contributed by atoms with E-state index < -0.39 is 6.09 Å². The Morgan fingerprint density at radius 3 is 3.00 bits per heavy atom. The van der Waals surface area contributed by atoms with Crippen LogP contribution in [-0.2, 0) is 0 Å². The highest BCUT2D eigenvalue weighted by atomic mass is 16.4. The van der Waals surface area contributed by atoms with Crippen molar-refractivity contribution in [3.05, 3.63) is 0 Å². The van der Waals surface area contributed by atoms with Crippen LogP contribution in [0, 0.1) is 0 Å². The van der Waals surface area contributed by atoms with E-state index in [1.165, 1.54) is 0 Å². The molecule has 1 aliphatic heterocycles. The molecule has 1 aliphatic rings. The average molecular weight is 159 g/mol. The molecule has 1 amide bonds. The van der Waals surface area contributed by atoms with E-state index in [1.54, 1.807) is 0 Å². The Kier molecular flexibility index (Phi) is 3.13. The average Bonchev–Trinajstić information content (AvgIpc) is 2.03. The predicted molar refractivity (Wildman–Crippen MR) is 40.2 cm³/mol. The normalized spacial score (nSPS) is 24.5. The van der Waals surface area contributed by atoms with E-state index >= 15 is 0 Å². The summed E-state index contributed by atoms with van der Waals surface area (Å²) in [6.45, 7) is 1.87. The van der Waals surface area contributed by atoms with Crippen molar-refractivity contribution in [1.82, 2.24) is 16.2 Å². The van der Waals surface area contributed by atoms with E-state index in [4.69, 9.17) is 5.11 Å². The molecule has 0 aliphatic carbocycles. The summed E-state index contributed by atoms with van der Waals surface area (Å²) in [6.07, 6.45) is 1.09. The SMILES string of the molecule is O=C(O)NN[C@@H]1CCCNC1. The summed E-state index contributed by atoms with van der Waals surface area (Å²) in [5, 5.41) is 11.4. The van der Waals surface area contributed by atoms with E-state index in [9.17, 15) is 4.79 Å². The van der Waals surface area contributed by atoms with Crippen molar-refractivity contribution in [3.8, 4) is 0 Å². The fourth-order valence-corrected chi connectivity index (χ4v) is 1.14. The van der Waals surface area contributed by atoms with Crippen LogP contribution in [0.5, 0.6) is 0 Å². The van der Waals surface area contributed by atoms with Gasteiger partial charge in [0.2, 0.25) is 0 Å². The van der Waals surface area contributed by atoms with E-state index in [2.05, 4.69) is 16.2 Å². The zero-order chi connectivity index (χ0) is 8.10. The zero-order valence-corrected chi connectivity index (χ0v) is 6.26. The van der Waals surface area contributed by atoms with Gasteiger partial charge in [0.05, 0.1) is 0 Å². The number of carbonyl (C=O) groups is 1. The van der Waals surface area contributed by atoms with Crippen molar-refractivity contribution in [2.24, 2.45) is 0 Å². The lowest BCUT2D eigenvalue weighted by molar-refractivity contribution is 0.184. The molecule has 5 heteroatoms. The summed E-state index contributed by atoms with van der Waals surface area (Å²) in [6, 6.07) is 0.236. The largest absolute Gasteiger partial charge is 0.464 e. The summed E-state index contributed by atoms with van der Waals surface area (Å²) in [4.78, 5) is 10.0. The molecule has 1 saturated heterocycles. The number of hydrazine groups is 1. The molecule has 0 spiro atoms. The molecule has 11 heavy (non-hydrogen) atoms. The van der Waals surface area contributed by atoms with Crippen LogP contribution in [0.15, 0.2) is 0 Å². The van der Waals surface area contributed by atoms with Gasteiger partial charge in [0.15, 0.2) is 0 Å². The minimum Gasteiger partial charge on any atom is -0.464 e. The molecule has 0 radical (unpaired) electrons. The van der Waals surface area contributed by atoms with Crippen molar-refractivity contribution in [1.29, 1.82) is 0 Å². The smallest absolute Gasteiger partial charge is 0.419 e. The molecule has 0 unspecified atom stereocenters. The number of hydrogen-bond acceptors (Lipinski definition) is 3. The minimum atomic E-state index is -1.03. The lowest BCUT2D eigenvalue weighted by Crippen LogP contribution is -2.50. The molecule has 0 aromatic heterocycles. The quantitative estimate of drug-likeness (QED) is 0.410. The third kappa shape index (κ3) is 3.20. The van der Waals surface area contributed by atoms with Gasteiger partial charge in [0, 0.05) is 12.6 Å². The van der Waals surface area contributed by atoms with Crippen LogP contribution in [0.25, 0.3) is 0 Å².